The molecule has 6 nitrogen and oxygen atoms in total. The lowest BCUT2D eigenvalue weighted by Gasteiger charge is -2.27. The number of carbonyl (C=O) groups excluding carboxylic acids is 2. The van der Waals surface area contributed by atoms with Crippen LogP contribution in [-0.2, 0) is 16.1 Å². The number of hydrogen-bond donors (Lipinski definition) is 3. The summed E-state index contributed by atoms with van der Waals surface area (Å²) in [5.74, 6) is -0.516. The van der Waals surface area contributed by atoms with Crippen molar-refractivity contribution in [1.82, 2.24) is 10.3 Å². The number of rotatable bonds is 5. The van der Waals surface area contributed by atoms with Gasteiger partial charge in [-0.3, -0.25) is 4.79 Å². The molecule has 0 atom stereocenters. The van der Waals surface area contributed by atoms with Gasteiger partial charge < -0.3 is 20.8 Å². The number of nitrogens with two attached hydrogens (primary N) is 1. The van der Waals surface area contributed by atoms with Crippen molar-refractivity contribution in [3.63, 3.8) is 0 Å². The first kappa shape index (κ1) is 14.6. The fraction of sp³-hybridized carbons (Fsp3) is 0.571. The molecule has 1 fully saturated rings. The summed E-state index contributed by atoms with van der Waals surface area (Å²) in [6.45, 7) is 0.670. The van der Waals surface area contributed by atoms with Crippen LogP contribution in [-0.4, -0.2) is 30.0 Å². The number of methoxy groups -OCH3 is 1. The van der Waals surface area contributed by atoms with E-state index in [-0.39, 0.29) is 17.8 Å². The molecular weight excluding hydrogens is 258 g/mol. The van der Waals surface area contributed by atoms with Gasteiger partial charge in [-0.2, -0.15) is 0 Å². The molecule has 4 N–H and O–H groups in total. The van der Waals surface area contributed by atoms with E-state index in [1.54, 1.807) is 6.07 Å². The summed E-state index contributed by atoms with van der Waals surface area (Å²) in [5.41, 5.74) is 6.72. The van der Waals surface area contributed by atoms with Crippen LogP contribution in [0.25, 0.3) is 0 Å². The molecule has 1 saturated carbocycles. The molecule has 1 aliphatic rings. The van der Waals surface area contributed by atoms with Gasteiger partial charge >= 0.3 is 5.97 Å². The minimum Gasteiger partial charge on any atom is -0.464 e. The van der Waals surface area contributed by atoms with Gasteiger partial charge in [-0.1, -0.05) is 0 Å². The highest BCUT2D eigenvalue weighted by Gasteiger charge is 2.24. The number of aromatic nitrogens is 1. The van der Waals surface area contributed by atoms with Gasteiger partial charge in [-0.25, -0.2) is 4.79 Å². The zero-order chi connectivity index (χ0) is 14.5. The highest BCUT2D eigenvalue weighted by atomic mass is 16.5. The van der Waals surface area contributed by atoms with Crippen LogP contribution in [0, 0.1) is 5.92 Å². The summed E-state index contributed by atoms with van der Waals surface area (Å²) in [6.07, 6.45) is 3.62. The van der Waals surface area contributed by atoms with Crippen molar-refractivity contribution in [2.45, 2.75) is 38.3 Å². The van der Waals surface area contributed by atoms with Gasteiger partial charge in [0.15, 0.2) is 0 Å². The zero-order valence-corrected chi connectivity index (χ0v) is 11.6. The first-order valence-corrected chi connectivity index (χ1v) is 6.89. The minimum absolute atomic E-state index is 0.0319. The molecule has 110 valence electrons. The van der Waals surface area contributed by atoms with Crippen molar-refractivity contribution in [2.75, 3.05) is 7.11 Å². The molecule has 0 aromatic carbocycles. The molecule has 1 aromatic rings. The second kappa shape index (κ2) is 6.56. The number of carbonyl (C=O) groups is 2. The molecule has 0 bridgehead atoms. The second-order valence-corrected chi connectivity index (χ2v) is 5.22. The van der Waals surface area contributed by atoms with E-state index in [2.05, 4.69) is 15.0 Å². The fourth-order valence-electron chi connectivity index (χ4n) is 2.61. The molecule has 1 aromatic heterocycles. The lowest BCUT2D eigenvalue weighted by Crippen LogP contribution is -2.36. The van der Waals surface area contributed by atoms with Crippen molar-refractivity contribution in [2.24, 2.45) is 11.7 Å². The molecule has 0 aliphatic heterocycles. The number of esters is 1. The number of H-pyrrole nitrogens is 1. The average Bonchev–Trinajstić information content (AvgIpc) is 2.93. The Morgan fingerprint density at radius 2 is 2.05 bits per heavy atom. The van der Waals surface area contributed by atoms with Crippen molar-refractivity contribution >= 4 is 11.9 Å². The highest BCUT2D eigenvalue weighted by Crippen LogP contribution is 2.24. The Hall–Kier alpha value is -1.82. The van der Waals surface area contributed by atoms with Gasteiger partial charge in [0, 0.05) is 24.2 Å². The Balaban J connectivity index is 1.77. The lowest BCUT2D eigenvalue weighted by atomic mass is 9.85. The molecule has 0 unspecified atom stereocenters. The minimum atomic E-state index is -0.363. The van der Waals surface area contributed by atoms with Crippen LogP contribution in [0.4, 0.5) is 0 Å². The van der Waals surface area contributed by atoms with E-state index in [0.29, 0.717) is 18.3 Å². The molecule has 20 heavy (non-hydrogen) atoms. The number of aromatic amines is 1. The van der Waals surface area contributed by atoms with Crippen LogP contribution in [0.1, 0.15) is 41.9 Å². The van der Waals surface area contributed by atoms with E-state index >= 15 is 0 Å². The molecule has 1 amide bonds. The van der Waals surface area contributed by atoms with Gasteiger partial charge in [-0.15, -0.1) is 0 Å². The molecular formula is C14H21N3O3. The third-order valence-electron chi connectivity index (χ3n) is 3.86. The van der Waals surface area contributed by atoms with Crippen molar-refractivity contribution in [1.29, 1.82) is 0 Å². The summed E-state index contributed by atoms with van der Waals surface area (Å²) in [6, 6.07) is 3.98. The summed E-state index contributed by atoms with van der Waals surface area (Å²) in [4.78, 5) is 25.4. The smallest absolute Gasteiger partial charge is 0.354 e. The molecule has 0 radical (unpaired) electrons. The van der Waals surface area contributed by atoms with E-state index in [0.717, 1.165) is 31.4 Å². The second-order valence-electron chi connectivity index (χ2n) is 5.22. The molecule has 0 saturated heterocycles. The molecule has 1 aliphatic carbocycles. The normalized spacial score (nSPS) is 22.4. The topological polar surface area (TPSA) is 97.2 Å². The third-order valence-corrected chi connectivity index (χ3v) is 3.86. The Labute approximate surface area is 118 Å². The first-order valence-electron chi connectivity index (χ1n) is 6.89. The Morgan fingerprint density at radius 3 is 2.65 bits per heavy atom. The Morgan fingerprint density at radius 1 is 1.35 bits per heavy atom. The number of ether oxygens (including phenoxy) is 1. The maximum atomic E-state index is 11.3. The summed E-state index contributed by atoms with van der Waals surface area (Å²) < 4.78 is 4.64. The van der Waals surface area contributed by atoms with Crippen LogP contribution in [0.15, 0.2) is 12.1 Å². The van der Waals surface area contributed by atoms with E-state index < -0.39 is 0 Å². The largest absolute Gasteiger partial charge is 0.464 e. The van der Waals surface area contributed by atoms with Crippen molar-refractivity contribution in [3.05, 3.63) is 23.5 Å². The van der Waals surface area contributed by atoms with E-state index in [1.165, 1.54) is 7.11 Å². The number of primary amides is 1. The van der Waals surface area contributed by atoms with Gasteiger partial charge in [0.25, 0.3) is 0 Å². The summed E-state index contributed by atoms with van der Waals surface area (Å²) >= 11 is 0. The van der Waals surface area contributed by atoms with Gasteiger partial charge in [-0.05, 0) is 37.8 Å². The highest BCUT2D eigenvalue weighted by molar-refractivity contribution is 5.87. The fourth-order valence-corrected chi connectivity index (χ4v) is 2.61. The van der Waals surface area contributed by atoms with E-state index in [1.807, 2.05) is 6.07 Å². The Bertz CT molecular complexity index is 476. The van der Waals surface area contributed by atoms with Gasteiger partial charge in [0.2, 0.25) is 5.91 Å². The monoisotopic (exact) mass is 279 g/mol. The van der Waals surface area contributed by atoms with Gasteiger partial charge in [0.1, 0.15) is 5.69 Å². The van der Waals surface area contributed by atoms with Crippen molar-refractivity contribution < 1.29 is 14.3 Å². The van der Waals surface area contributed by atoms with Crippen LogP contribution < -0.4 is 11.1 Å². The predicted molar refractivity (Wildman–Crippen MR) is 73.9 cm³/mol. The molecule has 2 rings (SSSR count). The SMILES string of the molecule is COC(=O)c1ccc(CNC2CCC(C(N)=O)CC2)[nH]1. The van der Waals surface area contributed by atoms with Crippen LogP contribution in [0.2, 0.25) is 0 Å². The third kappa shape index (κ3) is 3.60. The maximum Gasteiger partial charge on any atom is 0.354 e. The average molecular weight is 279 g/mol. The van der Waals surface area contributed by atoms with Crippen LogP contribution in [0.3, 0.4) is 0 Å². The number of nitrogens with one attached hydrogen (secondary N) is 2. The zero-order valence-electron chi connectivity index (χ0n) is 11.6. The number of amides is 1. The quantitative estimate of drug-likeness (QED) is 0.699. The molecule has 1 heterocycles. The first-order chi connectivity index (χ1) is 9.60. The summed E-state index contributed by atoms with van der Waals surface area (Å²) in [5, 5.41) is 3.43. The standard InChI is InChI=1S/C14H21N3O3/c1-20-14(19)12-7-6-11(17-12)8-16-10-4-2-9(3-5-10)13(15)18/h6-7,9-10,16-17H,2-5,8H2,1H3,(H2,15,18). The van der Waals surface area contributed by atoms with Crippen molar-refractivity contribution in [3.8, 4) is 0 Å². The van der Waals surface area contributed by atoms with Crippen LogP contribution in [0.5, 0.6) is 0 Å². The lowest BCUT2D eigenvalue weighted by molar-refractivity contribution is -0.122. The maximum absolute atomic E-state index is 11.3. The van der Waals surface area contributed by atoms with Crippen LogP contribution >= 0.6 is 0 Å². The van der Waals surface area contributed by atoms with Gasteiger partial charge in [0.05, 0.1) is 7.11 Å². The van der Waals surface area contributed by atoms with E-state index in [9.17, 15) is 9.59 Å². The predicted octanol–water partition coefficient (Wildman–Crippen LogP) is 0.935. The number of hydrogen-bond acceptors (Lipinski definition) is 4. The molecule has 0 spiro atoms. The van der Waals surface area contributed by atoms with E-state index in [4.69, 9.17) is 5.73 Å². The summed E-state index contributed by atoms with van der Waals surface area (Å²) in [7, 11) is 1.36. The Kier molecular flexibility index (Phi) is 4.79. The molecule has 6 heteroatoms.